The summed E-state index contributed by atoms with van der Waals surface area (Å²) in [5.41, 5.74) is 2.27. The predicted octanol–water partition coefficient (Wildman–Crippen LogP) is 5.02. The lowest BCUT2D eigenvalue weighted by atomic mass is 9.68. The van der Waals surface area contributed by atoms with Crippen LogP contribution in [0.15, 0.2) is 84.9 Å². The van der Waals surface area contributed by atoms with Crippen LogP contribution in [0.2, 0.25) is 0 Å². The second-order valence-corrected chi connectivity index (χ2v) is 12.8. The zero-order valence-electron chi connectivity index (χ0n) is 24.9. The van der Waals surface area contributed by atoms with Crippen molar-refractivity contribution in [2.24, 2.45) is 0 Å². The van der Waals surface area contributed by atoms with E-state index < -0.39 is 10.2 Å². The van der Waals surface area contributed by atoms with Crippen molar-refractivity contribution in [1.82, 2.24) is 13.9 Å². The first-order valence-corrected chi connectivity index (χ1v) is 16.0. The topological polar surface area (TPSA) is 88.2 Å². The Kier molecular flexibility index (Phi) is 11.2. The van der Waals surface area contributed by atoms with Crippen LogP contribution in [-0.4, -0.2) is 69.4 Å². The van der Waals surface area contributed by atoms with Crippen molar-refractivity contribution in [3.8, 4) is 5.75 Å². The molecule has 0 spiro atoms. The van der Waals surface area contributed by atoms with Gasteiger partial charge in [0.2, 0.25) is 0 Å². The van der Waals surface area contributed by atoms with E-state index in [0.717, 1.165) is 24.0 Å². The average Bonchev–Trinajstić information content (AvgIpc) is 3.03. The number of carbonyl (C=O) groups is 1. The summed E-state index contributed by atoms with van der Waals surface area (Å²) in [6, 6.07) is 27.0. The van der Waals surface area contributed by atoms with Gasteiger partial charge in [-0.2, -0.15) is 17.0 Å². The van der Waals surface area contributed by atoms with Gasteiger partial charge in [0.1, 0.15) is 5.75 Å². The quantitative estimate of drug-likeness (QED) is 0.265. The first-order valence-electron chi connectivity index (χ1n) is 14.6. The number of benzene rings is 3. The fourth-order valence-electron chi connectivity index (χ4n) is 5.77. The highest BCUT2D eigenvalue weighted by atomic mass is 32.2. The Bertz CT molecular complexity index is 1380. The lowest BCUT2D eigenvalue weighted by Crippen LogP contribution is -2.51. The fraction of sp³-hybridized carbons (Fsp3) is 0.424. The molecule has 0 aromatic heterocycles. The molecule has 0 bridgehead atoms. The molecule has 1 aliphatic rings. The molecule has 1 aliphatic carbocycles. The molecule has 1 amide bonds. The van der Waals surface area contributed by atoms with Crippen LogP contribution >= 0.6 is 0 Å². The van der Waals surface area contributed by atoms with Gasteiger partial charge in [-0.1, -0.05) is 72.8 Å². The summed E-state index contributed by atoms with van der Waals surface area (Å²) < 4.78 is 41.8. The SMILES string of the molecule is CCOCCN(C)S(=O)(=O)N(Cc1ccccc1)[C@H]1CC[C@](CNC(=O)c2ccccc2OC)(c2ccccc2)CC1. The monoisotopic (exact) mass is 593 g/mol. The minimum atomic E-state index is -3.75. The van der Waals surface area contributed by atoms with Gasteiger partial charge in [0.25, 0.3) is 16.1 Å². The highest BCUT2D eigenvalue weighted by molar-refractivity contribution is 7.86. The van der Waals surface area contributed by atoms with Gasteiger partial charge < -0.3 is 14.8 Å². The van der Waals surface area contributed by atoms with E-state index in [2.05, 4.69) is 17.4 Å². The molecule has 0 aliphatic heterocycles. The lowest BCUT2D eigenvalue weighted by molar-refractivity contribution is 0.0925. The van der Waals surface area contributed by atoms with Gasteiger partial charge in [-0.25, -0.2) is 0 Å². The minimum absolute atomic E-state index is 0.175. The van der Waals surface area contributed by atoms with E-state index in [1.807, 2.05) is 67.6 Å². The molecule has 1 saturated carbocycles. The largest absolute Gasteiger partial charge is 0.496 e. The first-order chi connectivity index (χ1) is 20.3. The van der Waals surface area contributed by atoms with E-state index >= 15 is 0 Å². The Morgan fingerprint density at radius 2 is 1.57 bits per heavy atom. The van der Waals surface area contributed by atoms with Crippen molar-refractivity contribution in [2.45, 2.75) is 50.6 Å². The standard InChI is InChI=1S/C33H43N3O5S/c1-4-41-24-23-35(2)42(38,39)36(25-27-13-7-5-8-14-27)29-19-21-33(22-20-29,28-15-9-6-10-16-28)26-34-32(37)30-17-11-12-18-31(30)40-3/h5-18,29H,4,19-26H2,1-3H3,(H,34,37)/t29-,33-. The van der Waals surface area contributed by atoms with Crippen LogP contribution in [0.3, 0.4) is 0 Å². The minimum Gasteiger partial charge on any atom is -0.496 e. The highest BCUT2D eigenvalue weighted by Gasteiger charge is 2.42. The Morgan fingerprint density at radius 1 is 0.952 bits per heavy atom. The average molecular weight is 594 g/mol. The zero-order valence-corrected chi connectivity index (χ0v) is 25.7. The number of nitrogens with zero attached hydrogens (tertiary/aromatic N) is 2. The number of hydrogen-bond acceptors (Lipinski definition) is 5. The van der Waals surface area contributed by atoms with E-state index in [0.29, 0.717) is 50.5 Å². The van der Waals surface area contributed by atoms with E-state index in [1.165, 1.54) is 4.31 Å². The van der Waals surface area contributed by atoms with Crippen LogP contribution in [0.4, 0.5) is 0 Å². The molecule has 1 fully saturated rings. The van der Waals surface area contributed by atoms with Crippen molar-refractivity contribution < 1.29 is 22.7 Å². The van der Waals surface area contributed by atoms with E-state index in [4.69, 9.17) is 9.47 Å². The molecule has 0 radical (unpaired) electrons. The molecule has 42 heavy (non-hydrogen) atoms. The first kappa shape index (κ1) is 31.7. The van der Waals surface area contributed by atoms with Crippen LogP contribution in [0.5, 0.6) is 5.75 Å². The summed E-state index contributed by atoms with van der Waals surface area (Å²) >= 11 is 0. The Labute approximate surface area is 250 Å². The summed E-state index contributed by atoms with van der Waals surface area (Å²) in [5.74, 6) is 0.344. The van der Waals surface area contributed by atoms with E-state index in [1.54, 1.807) is 30.6 Å². The number of ether oxygens (including phenoxy) is 2. The Balaban J connectivity index is 1.56. The third-order valence-corrected chi connectivity index (χ3v) is 10.3. The summed E-state index contributed by atoms with van der Waals surface area (Å²) in [6.45, 7) is 3.82. The molecule has 9 heteroatoms. The molecule has 1 N–H and O–H groups in total. The number of hydrogen-bond donors (Lipinski definition) is 1. The smallest absolute Gasteiger partial charge is 0.282 e. The normalized spacial score (nSPS) is 19.1. The van der Waals surface area contributed by atoms with Crippen LogP contribution < -0.4 is 10.1 Å². The van der Waals surface area contributed by atoms with Gasteiger partial charge in [0, 0.05) is 44.7 Å². The fourth-order valence-corrected chi connectivity index (χ4v) is 7.34. The van der Waals surface area contributed by atoms with E-state index in [9.17, 15) is 13.2 Å². The van der Waals surface area contributed by atoms with Crippen molar-refractivity contribution >= 4 is 16.1 Å². The van der Waals surface area contributed by atoms with Gasteiger partial charge in [0.15, 0.2) is 0 Å². The predicted molar refractivity (Wildman–Crippen MR) is 166 cm³/mol. The highest BCUT2D eigenvalue weighted by Crippen LogP contribution is 2.41. The number of para-hydroxylation sites is 1. The summed E-state index contributed by atoms with van der Waals surface area (Å²) in [5, 5.41) is 3.17. The number of rotatable bonds is 14. The van der Waals surface area contributed by atoms with Crippen molar-refractivity contribution in [3.05, 3.63) is 102 Å². The number of nitrogens with one attached hydrogen (secondary N) is 1. The number of methoxy groups -OCH3 is 1. The molecule has 3 aromatic rings. The maximum Gasteiger partial charge on any atom is 0.282 e. The van der Waals surface area contributed by atoms with Gasteiger partial charge in [-0.15, -0.1) is 0 Å². The van der Waals surface area contributed by atoms with Crippen LogP contribution in [0.1, 0.15) is 54.1 Å². The molecular weight excluding hydrogens is 550 g/mol. The number of amides is 1. The molecule has 0 atom stereocenters. The van der Waals surface area contributed by atoms with Crippen LogP contribution in [0, 0.1) is 0 Å². The second kappa shape index (κ2) is 14.8. The third-order valence-electron chi connectivity index (χ3n) is 8.27. The Hall–Kier alpha value is -3.24. The molecule has 8 nitrogen and oxygen atoms in total. The maximum atomic E-state index is 13.9. The molecule has 4 rings (SSSR count). The summed E-state index contributed by atoms with van der Waals surface area (Å²) in [7, 11) is -0.568. The maximum absolute atomic E-state index is 13.9. The zero-order chi connectivity index (χ0) is 30.0. The molecular formula is C33H43N3O5S. The van der Waals surface area contributed by atoms with Gasteiger partial charge in [0.05, 0.1) is 19.3 Å². The van der Waals surface area contributed by atoms with Gasteiger partial charge >= 0.3 is 0 Å². The molecule has 0 heterocycles. The second-order valence-electron chi connectivity index (χ2n) is 10.8. The van der Waals surface area contributed by atoms with Crippen LogP contribution in [0.25, 0.3) is 0 Å². The van der Waals surface area contributed by atoms with Crippen molar-refractivity contribution in [2.75, 3.05) is 40.5 Å². The number of carbonyl (C=O) groups excluding carboxylic acids is 1. The van der Waals surface area contributed by atoms with Gasteiger partial charge in [-0.3, -0.25) is 4.79 Å². The van der Waals surface area contributed by atoms with Gasteiger partial charge in [-0.05, 0) is 55.9 Å². The van der Waals surface area contributed by atoms with Crippen molar-refractivity contribution in [1.29, 1.82) is 0 Å². The summed E-state index contributed by atoms with van der Waals surface area (Å²) in [6.07, 6.45) is 2.81. The number of likely N-dealkylation sites (N-methyl/N-ethyl adjacent to an activating group) is 1. The lowest BCUT2D eigenvalue weighted by Gasteiger charge is -2.44. The van der Waals surface area contributed by atoms with Crippen molar-refractivity contribution in [3.63, 3.8) is 0 Å². The third kappa shape index (κ3) is 7.58. The molecule has 0 unspecified atom stereocenters. The van der Waals surface area contributed by atoms with E-state index in [-0.39, 0.29) is 23.9 Å². The Morgan fingerprint density at radius 3 is 2.21 bits per heavy atom. The molecule has 3 aromatic carbocycles. The molecule has 226 valence electrons. The summed E-state index contributed by atoms with van der Waals surface area (Å²) in [4.78, 5) is 13.2. The van der Waals surface area contributed by atoms with Crippen LogP contribution in [-0.2, 0) is 26.9 Å². The molecule has 0 saturated heterocycles.